The number of ketones is 1. The number of carbonyl (C=O) groups is 4. The number of rotatable bonds is 8. The molecule has 7 nitrogen and oxygen atoms in total. The largest absolute Gasteiger partial charge is 0.454 e. The lowest BCUT2D eigenvalue weighted by molar-refractivity contribution is -0.117. The molecule has 0 saturated heterocycles. The first-order valence-corrected chi connectivity index (χ1v) is 9.22. The minimum Gasteiger partial charge on any atom is -0.454 e. The van der Waals surface area contributed by atoms with Crippen LogP contribution in [0.4, 0.5) is 11.4 Å². The molecule has 0 saturated carbocycles. The monoisotopic (exact) mass is 396 g/mol. The molecule has 2 amide bonds. The molecular formula is C22H24N2O5. The van der Waals surface area contributed by atoms with Crippen molar-refractivity contribution in [1.29, 1.82) is 0 Å². The number of esters is 1. The Bertz CT molecular complexity index is 886. The molecule has 7 heteroatoms. The second-order valence-corrected chi connectivity index (χ2v) is 6.98. The molecule has 0 unspecified atom stereocenters. The summed E-state index contributed by atoms with van der Waals surface area (Å²) in [5.41, 5.74) is 1.81. The molecule has 0 heterocycles. The Labute approximate surface area is 169 Å². The molecule has 0 fully saturated rings. The first-order valence-electron chi connectivity index (χ1n) is 9.22. The summed E-state index contributed by atoms with van der Waals surface area (Å²) in [4.78, 5) is 47.1. The molecule has 0 spiro atoms. The molecule has 0 aliphatic carbocycles. The number of benzene rings is 2. The van der Waals surface area contributed by atoms with Crippen LogP contribution < -0.4 is 10.6 Å². The van der Waals surface area contributed by atoms with E-state index >= 15 is 0 Å². The Hall–Kier alpha value is -3.48. The van der Waals surface area contributed by atoms with Gasteiger partial charge in [-0.3, -0.25) is 14.4 Å². The van der Waals surface area contributed by atoms with Crippen LogP contribution in [-0.4, -0.2) is 30.2 Å². The number of anilines is 2. The van der Waals surface area contributed by atoms with Crippen molar-refractivity contribution < 1.29 is 23.9 Å². The second-order valence-electron chi connectivity index (χ2n) is 6.98. The maximum atomic E-state index is 12.2. The summed E-state index contributed by atoms with van der Waals surface area (Å²) in [5.74, 6) is -1.03. The number of carbonyl (C=O) groups excluding carboxylic acids is 4. The standard InChI is InChI=1S/C22H24N2O5/c1-14(2)12-21(27)24-19-8-4-16(5-9-19)20(26)13-29-22(28)17-6-10-18(11-7-17)23-15(3)25/h4-11,14H,12-13H2,1-3H3,(H,23,25)(H,24,27). The summed E-state index contributed by atoms with van der Waals surface area (Å²) < 4.78 is 5.06. The van der Waals surface area contributed by atoms with Gasteiger partial charge >= 0.3 is 5.97 Å². The summed E-state index contributed by atoms with van der Waals surface area (Å²) in [6.45, 7) is 4.91. The number of amides is 2. The van der Waals surface area contributed by atoms with E-state index < -0.39 is 12.6 Å². The fourth-order valence-electron chi connectivity index (χ4n) is 2.51. The molecule has 2 N–H and O–H groups in total. The van der Waals surface area contributed by atoms with Crippen LogP contribution in [0.25, 0.3) is 0 Å². The third kappa shape index (κ3) is 7.21. The zero-order chi connectivity index (χ0) is 21.4. The van der Waals surface area contributed by atoms with E-state index in [-0.39, 0.29) is 29.1 Å². The Morgan fingerprint density at radius 3 is 1.86 bits per heavy atom. The highest BCUT2D eigenvalue weighted by molar-refractivity contribution is 6.00. The Balaban J connectivity index is 1.87. The SMILES string of the molecule is CC(=O)Nc1ccc(C(=O)OCC(=O)c2ccc(NC(=O)CC(C)C)cc2)cc1. The number of Topliss-reactive ketones (excluding diaryl/α,β-unsaturated/α-hetero) is 1. The van der Waals surface area contributed by atoms with Crippen molar-refractivity contribution in [3.63, 3.8) is 0 Å². The van der Waals surface area contributed by atoms with Gasteiger partial charge in [0.2, 0.25) is 11.8 Å². The number of ether oxygens (including phenoxy) is 1. The van der Waals surface area contributed by atoms with Crippen LogP contribution in [-0.2, 0) is 14.3 Å². The summed E-state index contributed by atoms with van der Waals surface area (Å²) in [7, 11) is 0. The average molecular weight is 396 g/mol. The van der Waals surface area contributed by atoms with Crippen LogP contribution in [0, 0.1) is 5.92 Å². The molecule has 152 valence electrons. The molecule has 0 bridgehead atoms. The van der Waals surface area contributed by atoms with Crippen molar-refractivity contribution in [3.8, 4) is 0 Å². The van der Waals surface area contributed by atoms with E-state index in [1.807, 2.05) is 13.8 Å². The van der Waals surface area contributed by atoms with Crippen LogP contribution in [0.1, 0.15) is 47.9 Å². The van der Waals surface area contributed by atoms with Crippen molar-refractivity contribution in [3.05, 3.63) is 59.7 Å². The van der Waals surface area contributed by atoms with Crippen LogP contribution in [0.15, 0.2) is 48.5 Å². The molecular weight excluding hydrogens is 372 g/mol. The van der Waals surface area contributed by atoms with Gasteiger partial charge in [0.05, 0.1) is 5.56 Å². The summed E-state index contributed by atoms with van der Waals surface area (Å²) >= 11 is 0. The highest BCUT2D eigenvalue weighted by atomic mass is 16.5. The fraction of sp³-hybridized carbons (Fsp3) is 0.273. The molecule has 0 atom stereocenters. The minimum atomic E-state index is -0.634. The van der Waals surface area contributed by atoms with E-state index in [1.54, 1.807) is 36.4 Å². The maximum Gasteiger partial charge on any atom is 0.338 e. The van der Waals surface area contributed by atoms with E-state index in [4.69, 9.17) is 4.74 Å². The molecule has 29 heavy (non-hydrogen) atoms. The first kappa shape index (κ1) is 21.8. The Kier molecular flexibility index (Phi) is 7.65. The predicted octanol–water partition coefficient (Wildman–Crippen LogP) is 3.67. The number of hydrogen-bond donors (Lipinski definition) is 2. The van der Waals surface area contributed by atoms with Gasteiger partial charge in [-0.05, 0) is 54.4 Å². The van der Waals surface area contributed by atoms with Crippen molar-refractivity contribution in [2.24, 2.45) is 5.92 Å². The lowest BCUT2D eigenvalue weighted by Gasteiger charge is -2.08. The second kappa shape index (κ2) is 10.2. The van der Waals surface area contributed by atoms with Gasteiger partial charge in [0, 0.05) is 30.3 Å². The lowest BCUT2D eigenvalue weighted by Crippen LogP contribution is -2.15. The van der Waals surface area contributed by atoms with Gasteiger partial charge in [0.1, 0.15) is 0 Å². The Morgan fingerprint density at radius 1 is 0.828 bits per heavy atom. The van der Waals surface area contributed by atoms with Crippen LogP contribution in [0.3, 0.4) is 0 Å². The molecule has 2 aromatic rings. The number of hydrogen-bond acceptors (Lipinski definition) is 5. The maximum absolute atomic E-state index is 12.2. The first-order chi connectivity index (χ1) is 13.7. The van der Waals surface area contributed by atoms with Gasteiger partial charge in [-0.25, -0.2) is 4.79 Å². The zero-order valence-electron chi connectivity index (χ0n) is 16.7. The van der Waals surface area contributed by atoms with Crippen molar-refractivity contribution in [2.75, 3.05) is 17.2 Å². The molecule has 0 aliphatic heterocycles. The van der Waals surface area contributed by atoms with Gasteiger partial charge in [-0.15, -0.1) is 0 Å². The van der Waals surface area contributed by atoms with Crippen LogP contribution in [0.2, 0.25) is 0 Å². The average Bonchev–Trinajstić information content (AvgIpc) is 2.66. The molecule has 2 aromatic carbocycles. The molecule has 0 aliphatic rings. The van der Waals surface area contributed by atoms with Gasteiger partial charge < -0.3 is 15.4 Å². The summed E-state index contributed by atoms with van der Waals surface area (Å²) in [6, 6.07) is 12.6. The molecule has 0 radical (unpaired) electrons. The highest BCUT2D eigenvalue weighted by Crippen LogP contribution is 2.13. The van der Waals surface area contributed by atoms with Crippen molar-refractivity contribution in [1.82, 2.24) is 0 Å². The molecule has 0 aromatic heterocycles. The van der Waals surface area contributed by atoms with E-state index in [1.165, 1.54) is 19.1 Å². The lowest BCUT2D eigenvalue weighted by atomic mass is 10.1. The Morgan fingerprint density at radius 2 is 1.34 bits per heavy atom. The van der Waals surface area contributed by atoms with Crippen LogP contribution >= 0.6 is 0 Å². The highest BCUT2D eigenvalue weighted by Gasteiger charge is 2.13. The smallest absolute Gasteiger partial charge is 0.338 e. The van der Waals surface area contributed by atoms with E-state index in [0.717, 1.165) is 0 Å². The zero-order valence-corrected chi connectivity index (χ0v) is 16.7. The number of nitrogens with one attached hydrogen (secondary N) is 2. The normalized spacial score (nSPS) is 10.3. The van der Waals surface area contributed by atoms with Gasteiger partial charge in [0.15, 0.2) is 12.4 Å². The van der Waals surface area contributed by atoms with Gasteiger partial charge in [0.25, 0.3) is 0 Å². The van der Waals surface area contributed by atoms with E-state index in [2.05, 4.69) is 10.6 Å². The fourth-order valence-corrected chi connectivity index (χ4v) is 2.51. The van der Waals surface area contributed by atoms with E-state index in [0.29, 0.717) is 23.4 Å². The third-order valence-electron chi connectivity index (χ3n) is 3.86. The van der Waals surface area contributed by atoms with Gasteiger partial charge in [-0.2, -0.15) is 0 Å². The minimum absolute atomic E-state index is 0.0856. The van der Waals surface area contributed by atoms with Crippen molar-refractivity contribution >= 4 is 34.9 Å². The van der Waals surface area contributed by atoms with E-state index in [9.17, 15) is 19.2 Å². The quantitative estimate of drug-likeness (QED) is 0.524. The predicted molar refractivity (Wildman–Crippen MR) is 110 cm³/mol. The third-order valence-corrected chi connectivity index (χ3v) is 3.86. The topological polar surface area (TPSA) is 102 Å². The summed E-state index contributed by atoms with van der Waals surface area (Å²) in [6.07, 6.45) is 0.419. The summed E-state index contributed by atoms with van der Waals surface area (Å²) in [5, 5.41) is 5.36. The molecule has 2 rings (SSSR count). The van der Waals surface area contributed by atoms with Gasteiger partial charge in [-0.1, -0.05) is 13.8 Å². The van der Waals surface area contributed by atoms with Crippen molar-refractivity contribution in [2.45, 2.75) is 27.2 Å². The van der Waals surface area contributed by atoms with Crippen LogP contribution in [0.5, 0.6) is 0 Å².